The second kappa shape index (κ2) is 4.25. The molecule has 0 atom stereocenters. The summed E-state index contributed by atoms with van der Waals surface area (Å²) in [4.78, 5) is 14.7. The van der Waals surface area contributed by atoms with Crippen LogP contribution in [0.15, 0.2) is 30.6 Å². The van der Waals surface area contributed by atoms with Crippen molar-refractivity contribution < 1.29 is 9.66 Å². The van der Waals surface area contributed by atoms with Gasteiger partial charge >= 0.3 is 5.69 Å². The number of nitrogens with zero attached hydrogens (tertiary/aromatic N) is 3. The molecule has 6 nitrogen and oxygen atoms in total. The number of hydrogen-bond donors (Lipinski definition) is 0. The molecule has 0 aliphatic carbocycles. The van der Waals surface area contributed by atoms with Crippen molar-refractivity contribution in [1.29, 1.82) is 0 Å². The highest BCUT2D eigenvalue weighted by molar-refractivity contribution is 5.61. The fourth-order valence-electron chi connectivity index (χ4n) is 1.69. The second-order valence-electron chi connectivity index (χ2n) is 3.43. The number of nitro benzene ring substituents is 1. The highest BCUT2D eigenvalue weighted by atomic mass is 16.6. The molecule has 88 valence electrons. The zero-order valence-electron chi connectivity index (χ0n) is 9.45. The monoisotopic (exact) mass is 233 g/mol. The molecule has 0 saturated heterocycles. The van der Waals surface area contributed by atoms with Gasteiger partial charge in [-0.3, -0.25) is 14.7 Å². The fourth-order valence-corrected chi connectivity index (χ4v) is 1.69. The molecule has 2 aromatic rings. The van der Waals surface area contributed by atoms with Crippen LogP contribution in [0.4, 0.5) is 5.69 Å². The maximum Gasteiger partial charge on any atom is 0.334 e. The minimum atomic E-state index is -0.451. The van der Waals surface area contributed by atoms with Crippen molar-refractivity contribution in [2.75, 3.05) is 7.11 Å². The Morgan fingerprint density at radius 1 is 1.47 bits per heavy atom. The number of aryl methyl sites for hydroxylation is 1. The Balaban J connectivity index is 2.70. The van der Waals surface area contributed by atoms with Crippen molar-refractivity contribution in [2.24, 2.45) is 0 Å². The van der Waals surface area contributed by atoms with Crippen LogP contribution >= 0.6 is 0 Å². The average Bonchev–Trinajstić information content (AvgIpc) is 2.74. The number of hydrogen-bond acceptors (Lipinski definition) is 4. The Hall–Kier alpha value is -2.37. The number of benzene rings is 1. The van der Waals surface area contributed by atoms with E-state index in [4.69, 9.17) is 4.74 Å². The van der Waals surface area contributed by atoms with Crippen molar-refractivity contribution >= 4 is 5.69 Å². The van der Waals surface area contributed by atoms with Gasteiger partial charge in [-0.1, -0.05) is 6.07 Å². The van der Waals surface area contributed by atoms with Gasteiger partial charge in [0.05, 0.1) is 12.0 Å². The molecule has 0 bridgehead atoms. The molecule has 1 aromatic carbocycles. The third-order valence-electron chi connectivity index (χ3n) is 2.47. The number of nitro groups is 1. The predicted octanol–water partition coefficient (Wildman–Crippen LogP) is 2.10. The highest BCUT2D eigenvalue weighted by Gasteiger charge is 2.22. The number of ether oxygens (including phenoxy) is 1. The van der Waals surface area contributed by atoms with Gasteiger partial charge in [0.2, 0.25) is 0 Å². The average molecular weight is 233 g/mol. The fraction of sp³-hybridized carbons (Fsp3) is 0.182. The zero-order chi connectivity index (χ0) is 12.4. The van der Waals surface area contributed by atoms with E-state index in [1.54, 1.807) is 42.1 Å². The largest absolute Gasteiger partial charge is 0.490 e. The summed E-state index contributed by atoms with van der Waals surface area (Å²) in [5.74, 6) is 0.918. The number of aromatic nitrogens is 2. The number of methoxy groups -OCH3 is 1. The van der Waals surface area contributed by atoms with Gasteiger partial charge in [0, 0.05) is 12.4 Å². The van der Waals surface area contributed by atoms with Gasteiger partial charge in [0.15, 0.2) is 5.75 Å². The molecule has 0 N–H and O–H groups in total. The SMILES string of the molecule is COc1cccc(-n2ccnc2C)c1[N+](=O)[O-]. The molecule has 0 fully saturated rings. The van der Waals surface area contributed by atoms with Crippen LogP contribution in [-0.4, -0.2) is 21.6 Å². The second-order valence-corrected chi connectivity index (χ2v) is 3.43. The minimum absolute atomic E-state index is 0.0592. The molecule has 1 aromatic heterocycles. The molecule has 0 unspecified atom stereocenters. The van der Waals surface area contributed by atoms with Crippen molar-refractivity contribution in [3.8, 4) is 11.4 Å². The van der Waals surface area contributed by atoms with Crippen molar-refractivity contribution in [2.45, 2.75) is 6.92 Å². The lowest BCUT2D eigenvalue weighted by molar-refractivity contribution is -0.385. The summed E-state index contributed by atoms with van der Waals surface area (Å²) in [6, 6.07) is 4.93. The topological polar surface area (TPSA) is 70.2 Å². The first-order valence-corrected chi connectivity index (χ1v) is 4.97. The Labute approximate surface area is 97.6 Å². The van der Waals surface area contributed by atoms with Gasteiger partial charge in [-0.2, -0.15) is 0 Å². The van der Waals surface area contributed by atoms with E-state index in [0.717, 1.165) is 0 Å². The summed E-state index contributed by atoms with van der Waals surface area (Å²) in [7, 11) is 1.41. The Morgan fingerprint density at radius 3 is 2.76 bits per heavy atom. The third-order valence-corrected chi connectivity index (χ3v) is 2.47. The van der Waals surface area contributed by atoms with E-state index in [9.17, 15) is 10.1 Å². The first-order chi connectivity index (χ1) is 8.15. The van der Waals surface area contributed by atoms with Crippen LogP contribution in [0.3, 0.4) is 0 Å². The Kier molecular flexibility index (Phi) is 2.78. The summed E-state index contributed by atoms with van der Waals surface area (Å²) in [6.45, 7) is 1.78. The summed E-state index contributed by atoms with van der Waals surface area (Å²) in [5, 5.41) is 11.1. The molecule has 0 spiro atoms. The summed E-state index contributed by atoms with van der Waals surface area (Å²) < 4.78 is 6.66. The van der Waals surface area contributed by atoms with Crippen LogP contribution in [0, 0.1) is 17.0 Å². The molecule has 0 amide bonds. The molecular weight excluding hydrogens is 222 g/mol. The number of imidazole rings is 1. The quantitative estimate of drug-likeness (QED) is 0.601. The van der Waals surface area contributed by atoms with Crippen LogP contribution in [-0.2, 0) is 0 Å². The molecule has 0 aliphatic heterocycles. The third kappa shape index (κ3) is 1.84. The van der Waals surface area contributed by atoms with Crippen LogP contribution < -0.4 is 4.74 Å². The maximum absolute atomic E-state index is 11.1. The van der Waals surface area contributed by atoms with E-state index < -0.39 is 4.92 Å². The zero-order valence-corrected chi connectivity index (χ0v) is 9.45. The van der Waals surface area contributed by atoms with Gasteiger partial charge < -0.3 is 4.74 Å². The Bertz CT molecular complexity index is 563. The van der Waals surface area contributed by atoms with E-state index in [-0.39, 0.29) is 11.4 Å². The molecular formula is C11H11N3O3. The molecule has 17 heavy (non-hydrogen) atoms. The van der Waals surface area contributed by atoms with Crippen molar-refractivity contribution in [1.82, 2.24) is 9.55 Å². The standard InChI is InChI=1S/C11H11N3O3/c1-8-12-6-7-13(8)9-4-3-5-10(17-2)11(9)14(15)16/h3-7H,1-2H3. The van der Waals surface area contributed by atoms with Crippen molar-refractivity contribution in [3.63, 3.8) is 0 Å². The predicted molar refractivity (Wildman–Crippen MR) is 61.5 cm³/mol. The van der Waals surface area contributed by atoms with Gasteiger partial charge in [0.1, 0.15) is 11.5 Å². The van der Waals surface area contributed by atoms with E-state index >= 15 is 0 Å². The molecule has 0 aliphatic rings. The molecule has 2 rings (SSSR count). The van der Waals surface area contributed by atoms with Crippen LogP contribution in [0.2, 0.25) is 0 Å². The molecule has 0 radical (unpaired) electrons. The lowest BCUT2D eigenvalue weighted by atomic mass is 10.2. The van der Waals surface area contributed by atoms with E-state index in [0.29, 0.717) is 11.5 Å². The minimum Gasteiger partial charge on any atom is -0.490 e. The molecule has 6 heteroatoms. The first-order valence-electron chi connectivity index (χ1n) is 4.97. The van der Waals surface area contributed by atoms with Gasteiger partial charge in [-0.15, -0.1) is 0 Å². The van der Waals surface area contributed by atoms with E-state index in [1.165, 1.54) is 7.11 Å². The summed E-state index contributed by atoms with van der Waals surface area (Å²) >= 11 is 0. The number of para-hydroxylation sites is 1. The van der Waals surface area contributed by atoms with Crippen LogP contribution in [0.5, 0.6) is 5.75 Å². The highest BCUT2D eigenvalue weighted by Crippen LogP contribution is 2.33. The lowest BCUT2D eigenvalue weighted by Gasteiger charge is -2.08. The summed E-state index contributed by atoms with van der Waals surface area (Å²) in [6.07, 6.45) is 3.27. The summed E-state index contributed by atoms with van der Waals surface area (Å²) in [5.41, 5.74) is 0.389. The van der Waals surface area contributed by atoms with E-state index in [2.05, 4.69) is 4.98 Å². The van der Waals surface area contributed by atoms with Gasteiger partial charge in [0.25, 0.3) is 0 Å². The normalized spacial score (nSPS) is 10.2. The Morgan fingerprint density at radius 2 is 2.24 bits per heavy atom. The van der Waals surface area contributed by atoms with Crippen molar-refractivity contribution in [3.05, 3.63) is 46.5 Å². The van der Waals surface area contributed by atoms with Crippen LogP contribution in [0.25, 0.3) is 5.69 Å². The smallest absolute Gasteiger partial charge is 0.334 e. The molecule has 0 saturated carbocycles. The van der Waals surface area contributed by atoms with E-state index in [1.807, 2.05) is 0 Å². The van der Waals surface area contributed by atoms with Gasteiger partial charge in [-0.05, 0) is 19.1 Å². The molecule has 1 heterocycles. The van der Waals surface area contributed by atoms with Gasteiger partial charge in [-0.25, -0.2) is 4.98 Å². The first kappa shape index (κ1) is 11.1. The lowest BCUT2D eigenvalue weighted by Crippen LogP contribution is -2.03. The van der Waals surface area contributed by atoms with Crippen LogP contribution in [0.1, 0.15) is 5.82 Å². The number of rotatable bonds is 3. The maximum atomic E-state index is 11.1.